The Morgan fingerprint density at radius 3 is 2.18 bits per heavy atom. The Hall–Kier alpha value is -2.84. The molecule has 0 unspecified atom stereocenters. The standard InChI is InChI=1S/C25H23Br2NO5/c1-14(2)19-13-18(8-9-22(19)32-4)33-24-20(26)10-15(11-21(24)27)23(29)25(30)28-16-6-5-7-17(12-16)31-3/h5-14H,1-4H3,(H,28,30). The maximum absolute atomic E-state index is 12.7. The summed E-state index contributed by atoms with van der Waals surface area (Å²) >= 11 is 6.91. The highest BCUT2D eigenvalue weighted by atomic mass is 79.9. The third-order valence-electron chi connectivity index (χ3n) is 4.84. The molecule has 33 heavy (non-hydrogen) atoms. The SMILES string of the molecule is COc1cccc(NC(=O)C(=O)c2cc(Br)c(Oc3ccc(OC)c(C(C)C)c3)c(Br)c2)c1. The third-order valence-corrected chi connectivity index (χ3v) is 6.02. The van der Waals surface area contributed by atoms with Crippen molar-refractivity contribution in [3.63, 3.8) is 0 Å². The van der Waals surface area contributed by atoms with Gasteiger partial charge >= 0.3 is 0 Å². The van der Waals surface area contributed by atoms with Crippen molar-refractivity contribution in [2.75, 3.05) is 19.5 Å². The van der Waals surface area contributed by atoms with Crippen molar-refractivity contribution in [3.8, 4) is 23.0 Å². The van der Waals surface area contributed by atoms with E-state index in [0.29, 0.717) is 31.9 Å². The molecular weight excluding hydrogens is 554 g/mol. The molecule has 0 saturated heterocycles. The highest BCUT2D eigenvalue weighted by Crippen LogP contribution is 2.40. The summed E-state index contributed by atoms with van der Waals surface area (Å²) in [6.45, 7) is 4.15. The highest BCUT2D eigenvalue weighted by Gasteiger charge is 2.21. The quantitative estimate of drug-likeness (QED) is 0.232. The van der Waals surface area contributed by atoms with Gasteiger partial charge < -0.3 is 19.5 Å². The summed E-state index contributed by atoms with van der Waals surface area (Å²) in [6, 6.07) is 15.5. The second-order valence-corrected chi connectivity index (χ2v) is 9.15. The van der Waals surface area contributed by atoms with Crippen LogP contribution in [0.15, 0.2) is 63.5 Å². The molecule has 3 rings (SSSR count). The van der Waals surface area contributed by atoms with Crippen LogP contribution in [0.3, 0.4) is 0 Å². The molecular formula is C25H23Br2NO5. The molecule has 0 bridgehead atoms. The van der Waals surface area contributed by atoms with E-state index in [9.17, 15) is 9.59 Å². The molecule has 0 aliphatic carbocycles. The minimum atomic E-state index is -0.757. The Bertz CT molecular complexity index is 1170. The van der Waals surface area contributed by atoms with Crippen LogP contribution in [-0.4, -0.2) is 25.9 Å². The lowest BCUT2D eigenvalue weighted by molar-refractivity contribution is -0.112. The fourth-order valence-electron chi connectivity index (χ4n) is 3.15. The maximum Gasteiger partial charge on any atom is 0.296 e. The first-order chi connectivity index (χ1) is 15.7. The van der Waals surface area contributed by atoms with Gasteiger partial charge in [0, 0.05) is 22.9 Å². The first-order valence-corrected chi connectivity index (χ1v) is 11.7. The van der Waals surface area contributed by atoms with Crippen LogP contribution in [0.5, 0.6) is 23.0 Å². The molecule has 3 aromatic rings. The fraction of sp³-hybridized carbons (Fsp3) is 0.200. The number of rotatable bonds is 8. The number of carbonyl (C=O) groups is 2. The predicted molar refractivity (Wildman–Crippen MR) is 135 cm³/mol. The van der Waals surface area contributed by atoms with Crippen molar-refractivity contribution in [1.29, 1.82) is 0 Å². The van der Waals surface area contributed by atoms with E-state index >= 15 is 0 Å². The van der Waals surface area contributed by atoms with Crippen molar-refractivity contribution in [1.82, 2.24) is 0 Å². The molecule has 1 N–H and O–H groups in total. The Labute approximate surface area is 209 Å². The van der Waals surface area contributed by atoms with Crippen molar-refractivity contribution in [3.05, 3.63) is 74.7 Å². The van der Waals surface area contributed by atoms with Gasteiger partial charge in [-0.1, -0.05) is 19.9 Å². The number of anilines is 1. The van der Waals surface area contributed by atoms with E-state index in [1.807, 2.05) is 18.2 Å². The highest BCUT2D eigenvalue weighted by molar-refractivity contribution is 9.11. The summed E-state index contributed by atoms with van der Waals surface area (Å²) in [5.41, 5.74) is 1.69. The molecule has 6 nitrogen and oxygen atoms in total. The van der Waals surface area contributed by atoms with Gasteiger partial charge in [0.15, 0.2) is 5.75 Å². The topological polar surface area (TPSA) is 73.9 Å². The van der Waals surface area contributed by atoms with Gasteiger partial charge in [-0.2, -0.15) is 0 Å². The zero-order valence-electron chi connectivity index (χ0n) is 18.6. The number of ketones is 1. The molecule has 0 fully saturated rings. The van der Waals surface area contributed by atoms with Gasteiger partial charge in [0.25, 0.3) is 11.7 Å². The van der Waals surface area contributed by atoms with Gasteiger partial charge in [0.1, 0.15) is 17.2 Å². The minimum Gasteiger partial charge on any atom is -0.497 e. The average Bonchev–Trinajstić information content (AvgIpc) is 2.80. The Balaban J connectivity index is 1.81. The number of carbonyl (C=O) groups excluding carboxylic acids is 2. The molecule has 0 heterocycles. The number of halogens is 2. The van der Waals surface area contributed by atoms with Gasteiger partial charge in [0.05, 0.1) is 23.2 Å². The van der Waals surface area contributed by atoms with Crippen LogP contribution in [0.1, 0.15) is 35.7 Å². The second kappa shape index (κ2) is 10.9. The van der Waals surface area contributed by atoms with Crippen LogP contribution in [0.4, 0.5) is 5.69 Å². The molecule has 172 valence electrons. The minimum absolute atomic E-state index is 0.207. The molecule has 0 atom stereocenters. The number of benzene rings is 3. The maximum atomic E-state index is 12.7. The molecule has 0 aromatic heterocycles. The molecule has 8 heteroatoms. The van der Waals surface area contributed by atoms with Crippen molar-refractivity contribution >= 4 is 49.2 Å². The van der Waals surface area contributed by atoms with Crippen LogP contribution < -0.4 is 19.5 Å². The number of nitrogens with one attached hydrogen (secondary N) is 1. The molecule has 3 aromatic carbocycles. The van der Waals surface area contributed by atoms with Crippen molar-refractivity contribution < 1.29 is 23.8 Å². The first kappa shape index (κ1) is 24.8. The zero-order valence-corrected chi connectivity index (χ0v) is 21.7. The van der Waals surface area contributed by atoms with Crippen LogP contribution in [0, 0.1) is 0 Å². The summed E-state index contributed by atoms with van der Waals surface area (Å²) in [6.07, 6.45) is 0. The monoisotopic (exact) mass is 575 g/mol. The molecule has 0 radical (unpaired) electrons. The van der Waals surface area contributed by atoms with Gasteiger partial charge in [-0.15, -0.1) is 0 Å². The number of amides is 1. The Morgan fingerprint density at radius 1 is 0.879 bits per heavy atom. The van der Waals surface area contributed by atoms with E-state index in [4.69, 9.17) is 14.2 Å². The van der Waals surface area contributed by atoms with Gasteiger partial charge in [0.2, 0.25) is 0 Å². The van der Waals surface area contributed by atoms with Crippen molar-refractivity contribution in [2.24, 2.45) is 0 Å². The third kappa shape index (κ3) is 5.94. The Kier molecular flexibility index (Phi) is 8.15. The van der Waals surface area contributed by atoms with E-state index in [2.05, 4.69) is 51.0 Å². The van der Waals surface area contributed by atoms with E-state index in [1.54, 1.807) is 43.5 Å². The number of methoxy groups -OCH3 is 2. The molecule has 1 amide bonds. The number of Topliss-reactive ketones (excluding diaryl/α,β-unsaturated/α-hetero) is 1. The first-order valence-electron chi connectivity index (χ1n) is 10.1. The summed E-state index contributed by atoms with van der Waals surface area (Å²) in [5.74, 6) is 1.28. The Morgan fingerprint density at radius 2 is 1.58 bits per heavy atom. The summed E-state index contributed by atoms with van der Waals surface area (Å²) in [5, 5.41) is 2.59. The van der Waals surface area contributed by atoms with Gasteiger partial charge in [-0.05, 0) is 80.2 Å². The lowest BCUT2D eigenvalue weighted by Crippen LogP contribution is -2.23. The number of ether oxygens (including phenoxy) is 3. The number of hydrogen-bond donors (Lipinski definition) is 1. The normalized spacial score (nSPS) is 10.6. The molecule has 0 aliphatic heterocycles. The zero-order chi connectivity index (χ0) is 24.1. The van der Waals surface area contributed by atoms with Crippen LogP contribution >= 0.6 is 31.9 Å². The largest absolute Gasteiger partial charge is 0.497 e. The lowest BCUT2D eigenvalue weighted by Gasteiger charge is -2.16. The molecule has 0 spiro atoms. The van der Waals surface area contributed by atoms with Crippen molar-refractivity contribution in [2.45, 2.75) is 19.8 Å². The van der Waals surface area contributed by atoms with E-state index in [0.717, 1.165) is 11.3 Å². The smallest absolute Gasteiger partial charge is 0.296 e. The van der Waals surface area contributed by atoms with Crippen LogP contribution in [0.25, 0.3) is 0 Å². The lowest BCUT2D eigenvalue weighted by atomic mass is 10.0. The fourth-order valence-corrected chi connectivity index (χ4v) is 4.50. The van der Waals surface area contributed by atoms with E-state index in [-0.39, 0.29) is 11.5 Å². The second-order valence-electron chi connectivity index (χ2n) is 7.44. The molecule has 0 aliphatic rings. The average molecular weight is 577 g/mol. The van der Waals surface area contributed by atoms with Gasteiger partial charge in [-0.3, -0.25) is 9.59 Å². The van der Waals surface area contributed by atoms with Crippen LogP contribution in [-0.2, 0) is 4.79 Å². The summed E-state index contributed by atoms with van der Waals surface area (Å²) in [4.78, 5) is 25.2. The summed E-state index contributed by atoms with van der Waals surface area (Å²) in [7, 11) is 3.16. The van der Waals surface area contributed by atoms with E-state index < -0.39 is 11.7 Å². The summed E-state index contributed by atoms with van der Waals surface area (Å²) < 4.78 is 17.7. The van der Waals surface area contributed by atoms with E-state index in [1.165, 1.54) is 7.11 Å². The van der Waals surface area contributed by atoms with Gasteiger partial charge in [-0.25, -0.2) is 0 Å². The molecule has 0 saturated carbocycles. The number of hydrogen-bond acceptors (Lipinski definition) is 5. The predicted octanol–water partition coefficient (Wildman–Crippen LogP) is 6.97. The van der Waals surface area contributed by atoms with Crippen LogP contribution in [0.2, 0.25) is 0 Å².